The van der Waals surface area contributed by atoms with Crippen LogP contribution >= 0.6 is 0 Å². The van der Waals surface area contributed by atoms with Crippen molar-refractivity contribution in [3.63, 3.8) is 0 Å². The van der Waals surface area contributed by atoms with E-state index in [0.717, 1.165) is 36.0 Å². The third kappa shape index (κ3) is 10.2. The van der Waals surface area contributed by atoms with E-state index in [2.05, 4.69) is 19.1 Å². The highest BCUT2D eigenvalue weighted by Gasteiger charge is 2.21. The van der Waals surface area contributed by atoms with Crippen molar-refractivity contribution in [2.24, 2.45) is 0 Å². The van der Waals surface area contributed by atoms with Crippen LogP contribution in [0.3, 0.4) is 0 Å². The Morgan fingerprint density at radius 1 is 0.821 bits per heavy atom. The molecule has 0 spiro atoms. The molecule has 3 aromatic carbocycles. The molecule has 6 heteroatoms. The summed E-state index contributed by atoms with van der Waals surface area (Å²) in [4.78, 5) is 26.7. The van der Waals surface area contributed by atoms with Gasteiger partial charge in [0.15, 0.2) is 0 Å². The molecule has 0 saturated heterocycles. The Hall–Kier alpha value is -3.67. The Balaban J connectivity index is 1.69. The van der Waals surface area contributed by atoms with Crippen LogP contribution in [-0.4, -0.2) is 37.0 Å². The number of unbranched alkanes of at least 4 members (excludes halogenated alkanes) is 5. The van der Waals surface area contributed by atoms with Crippen molar-refractivity contribution in [3.8, 4) is 16.9 Å². The van der Waals surface area contributed by atoms with Crippen molar-refractivity contribution in [2.45, 2.75) is 64.4 Å². The molecule has 1 amide bonds. The summed E-state index contributed by atoms with van der Waals surface area (Å²) in [5, 5.41) is 0. The van der Waals surface area contributed by atoms with Gasteiger partial charge in [0.05, 0.1) is 7.11 Å². The van der Waals surface area contributed by atoms with E-state index in [1.807, 2.05) is 42.5 Å². The van der Waals surface area contributed by atoms with Crippen LogP contribution < -0.4 is 4.74 Å². The van der Waals surface area contributed by atoms with Gasteiger partial charge in [0, 0.05) is 19.4 Å². The summed E-state index contributed by atoms with van der Waals surface area (Å²) in [5.74, 6) is -0.184. The second-order valence-electron chi connectivity index (χ2n) is 9.75. The minimum Gasteiger partial charge on any atom is -0.486 e. The maximum Gasteiger partial charge on any atom is 0.325 e. The zero-order valence-electron chi connectivity index (χ0n) is 23.1. The molecule has 0 aliphatic rings. The standard InChI is InChI=1S/C33H40FNO4/c1-3-4-5-6-7-11-14-32(36)35(25-33(37)38-2)24-23-31(28-15-19-29(34)20-16-28)39-30-21-17-27(18-22-30)26-12-9-8-10-13-26/h8-10,12-13,15-22,31H,3-7,11,14,23-25H2,1-2H3/t31-/m0/s1. The van der Waals surface area contributed by atoms with E-state index in [0.29, 0.717) is 25.1 Å². The van der Waals surface area contributed by atoms with E-state index in [1.165, 1.54) is 38.5 Å². The van der Waals surface area contributed by atoms with Crippen LogP contribution in [0.5, 0.6) is 5.75 Å². The number of rotatable bonds is 16. The highest BCUT2D eigenvalue weighted by Crippen LogP contribution is 2.28. The average Bonchev–Trinajstić information content (AvgIpc) is 2.97. The molecule has 0 saturated carbocycles. The molecule has 5 nitrogen and oxygen atoms in total. The summed E-state index contributed by atoms with van der Waals surface area (Å²) in [6, 6.07) is 24.1. The van der Waals surface area contributed by atoms with E-state index in [1.54, 1.807) is 17.0 Å². The number of carbonyl (C=O) groups is 2. The zero-order valence-corrected chi connectivity index (χ0v) is 23.1. The largest absolute Gasteiger partial charge is 0.486 e. The molecule has 39 heavy (non-hydrogen) atoms. The van der Waals surface area contributed by atoms with Gasteiger partial charge in [0.1, 0.15) is 24.2 Å². The average molecular weight is 534 g/mol. The van der Waals surface area contributed by atoms with Gasteiger partial charge in [0.2, 0.25) is 5.91 Å². The molecule has 0 aromatic heterocycles. The monoisotopic (exact) mass is 533 g/mol. The Morgan fingerprint density at radius 2 is 1.46 bits per heavy atom. The third-order valence-electron chi connectivity index (χ3n) is 6.79. The SMILES string of the molecule is CCCCCCCCC(=O)N(CC[C@H](Oc1ccc(-c2ccccc2)cc1)c1ccc(F)cc1)CC(=O)OC. The predicted molar refractivity (Wildman–Crippen MR) is 153 cm³/mol. The fourth-order valence-electron chi connectivity index (χ4n) is 4.49. The van der Waals surface area contributed by atoms with E-state index < -0.39 is 12.1 Å². The van der Waals surface area contributed by atoms with Crippen molar-refractivity contribution in [1.29, 1.82) is 0 Å². The van der Waals surface area contributed by atoms with Crippen LogP contribution in [0.1, 0.15) is 70.0 Å². The Kier molecular flexibility index (Phi) is 12.5. The normalized spacial score (nSPS) is 11.6. The first-order valence-electron chi connectivity index (χ1n) is 13.9. The van der Waals surface area contributed by atoms with Crippen LogP contribution in [0.15, 0.2) is 78.9 Å². The maximum atomic E-state index is 13.7. The molecule has 0 unspecified atom stereocenters. The highest BCUT2D eigenvalue weighted by atomic mass is 19.1. The molecule has 3 aromatic rings. The minimum absolute atomic E-state index is 0.0686. The first-order chi connectivity index (χ1) is 19.0. The minimum atomic E-state index is -0.456. The Bertz CT molecular complexity index is 1130. The molecule has 0 radical (unpaired) electrons. The van der Waals surface area contributed by atoms with Gasteiger partial charge in [-0.15, -0.1) is 0 Å². The fourth-order valence-corrected chi connectivity index (χ4v) is 4.49. The molecule has 0 N–H and O–H groups in total. The quantitative estimate of drug-likeness (QED) is 0.139. The topological polar surface area (TPSA) is 55.8 Å². The molecule has 3 rings (SSSR count). The lowest BCUT2D eigenvalue weighted by Gasteiger charge is -2.26. The second-order valence-corrected chi connectivity index (χ2v) is 9.75. The molecule has 1 atom stereocenters. The van der Waals surface area contributed by atoms with Gasteiger partial charge in [-0.1, -0.05) is 93.6 Å². The maximum absolute atomic E-state index is 13.7. The third-order valence-corrected chi connectivity index (χ3v) is 6.79. The number of ether oxygens (including phenoxy) is 2. The number of halogens is 1. The van der Waals surface area contributed by atoms with E-state index in [-0.39, 0.29) is 18.3 Å². The molecule has 0 heterocycles. The van der Waals surface area contributed by atoms with Crippen LogP contribution in [0.25, 0.3) is 11.1 Å². The van der Waals surface area contributed by atoms with Crippen molar-refractivity contribution in [2.75, 3.05) is 20.2 Å². The number of amides is 1. The summed E-state index contributed by atoms with van der Waals surface area (Å²) < 4.78 is 24.9. The predicted octanol–water partition coefficient (Wildman–Crippen LogP) is 7.76. The molecule has 0 fully saturated rings. The molecule has 208 valence electrons. The first-order valence-corrected chi connectivity index (χ1v) is 13.9. The lowest BCUT2D eigenvalue weighted by atomic mass is 10.0. The van der Waals surface area contributed by atoms with Crippen molar-refractivity contribution >= 4 is 11.9 Å². The Labute approximate surface area is 231 Å². The van der Waals surface area contributed by atoms with Crippen LogP contribution in [0.4, 0.5) is 4.39 Å². The smallest absolute Gasteiger partial charge is 0.325 e. The number of benzene rings is 3. The van der Waals surface area contributed by atoms with Crippen LogP contribution in [-0.2, 0) is 14.3 Å². The number of hydrogen-bond donors (Lipinski definition) is 0. The molecular formula is C33H40FNO4. The summed E-state index contributed by atoms with van der Waals surface area (Å²) in [7, 11) is 1.32. The zero-order chi connectivity index (χ0) is 27.9. The summed E-state index contributed by atoms with van der Waals surface area (Å²) in [6.45, 7) is 2.39. The second kappa shape index (κ2) is 16.3. The van der Waals surface area contributed by atoms with E-state index in [9.17, 15) is 14.0 Å². The number of methoxy groups -OCH3 is 1. The number of esters is 1. The summed E-state index contributed by atoms with van der Waals surface area (Å²) >= 11 is 0. The van der Waals surface area contributed by atoms with Crippen molar-refractivity contribution < 1.29 is 23.5 Å². The van der Waals surface area contributed by atoms with Gasteiger partial charge in [-0.3, -0.25) is 9.59 Å². The van der Waals surface area contributed by atoms with E-state index >= 15 is 0 Å². The molecular weight excluding hydrogens is 493 g/mol. The van der Waals surface area contributed by atoms with Crippen LogP contribution in [0, 0.1) is 5.82 Å². The van der Waals surface area contributed by atoms with Gasteiger partial charge in [-0.2, -0.15) is 0 Å². The van der Waals surface area contributed by atoms with Gasteiger partial charge < -0.3 is 14.4 Å². The molecule has 0 bridgehead atoms. The van der Waals surface area contributed by atoms with Gasteiger partial charge >= 0.3 is 5.97 Å². The van der Waals surface area contributed by atoms with Gasteiger partial charge in [-0.05, 0) is 47.4 Å². The first kappa shape index (κ1) is 29.9. The van der Waals surface area contributed by atoms with E-state index in [4.69, 9.17) is 9.47 Å². The Morgan fingerprint density at radius 3 is 2.13 bits per heavy atom. The van der Waals surface area contributed by atoms with Gasteiger partial charge in [0.25, 0.3) is 0 Å². The molecule has 0 aliphatic carbocycles. The van der Waals surface area contributed by atoms with Gasteiger partial charge in [-0.25, -0.2) is 4.39 Å². The van der Waals surface area contributed by atoms with Crippen molar-refractivity contribution in [1.82, 2.24) is 4.90 Å². The summed E-state index contributed by atoms with van der Waals surface area (Å²) in [5.41, 5.74) is 2.98. The summed E-state index contributed by atoms with van der Waals surface area (Å²) in [6.07, 6.45) is 6.88. The number of nitrogens with zero attached hydrogens (tertiary/aromatic N) is 1. The lowest BCUT2D eigenvalue weighted by molar-refractivity contribution is -0.147. The van der Waals surface area contributed by atoms with Crippen LogP contribution in [0.2, 0.25) is 0 Å². The van der Waals surface area contributed by atoms with Crippen molar-refractivity contribution in [3.05, 3.63) is 90.2 Å². The lowest BCUT2D eigenvalue weighted by Crippen LogP contribution is -2.37. The highest BCUT2D eigenvalue weighted by molar-refractivity contribution is 5.82. The fraction of sp³-hybridized carbons (Fsp3) is 0.394. The molecule has 0 aliphatic heterocycles. The number of carbonyl (C=O) groups excluding carboxylic acids is 2. The number of hydrogen-bond acceptors (Lipinski definition) is 4.